The van der Waals surface area contributed by atoms with Gasteiger partial charge in [-0.2, -0.15) is 0 Å². The second-order valence-corrected chi connectivity index (χ2v) is 6.83. The van der Waals surface area contributed by atoms with Gasteiger partial charge >= 0.3 is 0 Å². The van der Waals surface area contributed by atoms with Gasteiger partial charge in [0.05, 0.1) is 0 Å². The predicted octanol–water partition coefficient (Wildman–Crippen LogP) is 4.76. The second-order valence-electron chi connectivity index (χ2n) is 6.83. The highest BCUT2D eigenvalue weighted by Gasteiger charge is 2.43. The van der Waals surface area contributed by atoms with Gasteiger partial charge in [0, 0.05) is 40.2 Å². The smallest absolute Gasteiger partial charge is 0.164 e. The van der Waals surface area contributed by atoms with Crippen molar-refractivity contribution >= 4 is 39.1 Å². The summed E-state index contributed by atoms with van der Waals surface area (Å²) in [6, 6.07) is 14.0. The van der Waals surface area contributed by atoms with Gasteiger partial charge in [-0.1, -0.05) is 30.3 Å². The molecule has 4 heteroatoms. The number of para-hydroxylation sites is 1. The van der Waals surface area contributed by atoms with Gasteiger partial charge < -0.3 is 14.2 Å². The summed E-state index contributed by atoms with van der Waals surface area (Å²) in [4.78, 5) is 8.28. The first kappa shape index (κ1) is 10.8. The molecule has 4 heterocycles. The van der Waals surface area contributed by atoms with Gasteiger partial charge in [0.2, 0.25) is 0 Å². The molecule has 2 aromatic heterocycles. The molecule has 6 rings (SSSR count). The monoisotopic (exact) mass is 330 g/mol. The molecule has 0 saturated heterocycles. The average Bonchev–Trinajstić information content (AvgIpc) is 3.28. The third kappa shape index (κ3) is 1.55. The van der Waals surface area contributed by atoms with E-state index in [1.165, 1.54) is 4.90 Å². The van der Waals surface area contributed by atoms with Crippen molar-refractivity contribution in [2.75, 3.05) is 16.8 Å². The Morgan fingerprint density at radius 2 is 2.12 bits per heavy atom. The molecule has 0 saturated carbocycles. The number of anilines is 3. The average molecular weight is 330 g/mol. The fourth-order valence-electron chi connectivity index (χ4n) is 4.18. The Morgan fingerprint density at radius 3 is 3.04 bits per heavy atom. The van der Waals surface area contributed by atoms with Crippen molar-refractivity contribution < 1.29 is 8.53 Å². The number of aryl methyl sites for hydroxylation is 1. The fraction of sp³-hybridized carbons (Fsp3) is 0.190. The Labute approximate surface area is 149 Å². The zero-order chi connectivity index (χ0) is 19.2. The number of hydrogen-bond acceptors (Lipinski definition) is 4. The van der Waals surface area contributed by atoms with E-state index in [1.54, 1.807) is 6.20 Å². The highest BCUT2D eigenvalue weighted by Crippen LogP contribution is 2.51. The number of nitrogens with zero attached hydrogens (tertiary/aromatic N) is 3. The normalized spacial score (nSPS) is 20.4. The summed E-state index contributed by atoms with van der Waals surface area (Å²) in [6.07, 6.45) is 2.10. The first-order valence-corrected chi connectivity index (χ1v) is 8.42. The Bertz CT molecular complexity index is 1280. The molecule has 0 spiro atoms. The number of likely N-dealkylation sites (N-methyl/N-ethyl adjacent to an activating group) is 1. The number of fused-ring (bicyclic) bond motifs is 9. The molecule has 0 aliphatic carbocycles. The minimum absolute atomic E-state index is 0.328. The molecule has 4 nitrogen and oxygen atoms in total. The van der Waals surface area contributed by atoms with Crippen LogP contribution in [0.1, 0.15) is 15.2 Å². The van der Waals surface area contributed by atoms with Gasteiger partial charge in [-0.05, 0) is 30.2 Å². The van der Waals surface area contributed by atoms with Gasteiger partial charge in [-0.25, -0.2) is 4.98 Å². The van der Waals surface area contributed by atoms with E-state index < -0.39 is 6.98 Å². The molecule has 2 aliphatic rings. The van der Waals surface area contributed by atoms with Crippen molar-refractivity contribution in [2.24, 2.45) is 0 Å². The van der Waals surface area contributed by atoms with Crippen LogP contribution in [0.4, 0.5) is 17.2 Å². The lowest BCUT2D eigenvalue weighted by Crippen LogP contribution is -2.36. The van der Waals surface area contributed by atoms with Crippen LogP contribution in [0, 0.1) is 6.92 Å². The SMILES string of the molecule is [2H]C([2H])([2H])N1c2c(ncc3c2oc2ccccc23)N2c3cc(C)ccc3CC21. The van der Waals surface area contributed by atoms with Crippen LogP contribution >= 0.6 is 0 Å². The zero-order valence-corrected chi connectivity index (χ0v) is 13.7. The van der Waals surface area contributed by atoms with Crippen LogP contribution in [0.5, 0.6) is 0 Å². The van der Waals surface area contributed by atoms with E-state index in [4.69, 9.17) is 13.5 Å². The molecule has 2 aliphatic heterocycles. The van der Waals surface area contributed by atoms with Crippen molar-refractivity contribution in [1.29, 1.82) is 0 Å². The molecule has 0 amide bonds. The van der Waals surface area contributed by atoms with Crippen LogP contribution in [-0.2, 0) is 6.42 Å². The number of furan rings is 1. The standard InChI is InChI=1S/C21H17N3O/c1-12-7-8-13-10-18-23(2)19-20-15(14-5-3-4-6-17(14)25-20)11-22-21(19)24(18)16(13)9-12/h3-9,11,18H,10H2,1-2H3/i2D3. The minimum atomic E-state index is -2.31. The Kier molecular flexibility index (Phi) is 1.87. The first-order valence-electron chi connectivity index (χ1n) is 9.92. The fourth-order valence-corrected chi connectivity index (χ4v) is 4.18. The molecule has 0 radical (unpaired) electrons. The predicted molar refractivity (Wildman–Crippen MR) is 101 cm³/mol. The summed E-state index contributed by atoms with van der Waals surface area (Å²) < 4.78 is 30.8. The van der Waals surface area contributed by atoms with E-state index >= 15 is 0 Å². The van der Waals surface area contributed by atoms with Crippen LogP contribution in [0.2, 0.25) is 0 Å². The highest BCUT2D eigenvalue weighted by molar-refractivity contribution is 6.11. The van der Waals surface area contributed by atoms with Crippen molar-refractivity contribution in [3.05, 3.63) is 59.8 Å². The molecule has 0 N–H and O–H groups in total. The molecule has 122 valence electrons. The van der Waals surface area contributed by atoms with Gasteiger partial charge in [-0.3, -0.25) is 0 Å². The molecule has 0 bridgehead atoms. The number of rotatable bonds is 0. The topological polar surface area (TPSA) is 32.5 Å². The quantitative estimate of drug-likeness (QED) is 0.465. The van der Waals surface area contributed by atoms with E-state index in [0.29, 0.717) is 23.5 Å². The summed E-state index contributed by atoms with van der Waals surface area (Å²) in [5.74, 6) is 0.650. The zero-order valence-electron chi connectivity index (χ0n) is 16.7. The number of hydrogen-bond donors (Lipinski definition) is 0. The van der Waals surface area contributed by atoms with Crippen molar-refractivity contribution in [2.45, 2.75) is 19.5 Å². The Hall–Kier alpha value is -3.01. The maximum absolute atomic E-state index is 8.23. The Balaban J connectivity index is 1.69. The lowest BCUT2D eigenvalue weighted by molar-refractivity contribution is 0.661. The Morgan fingerprint density at radius 1 is 1.20 bits per heavy atom. The molecular weight excluding hydrogens is 310 g/mol. The van der Waals surface area contributed by atoms with Gasteiger partial charge in [0.25, 0.3) is 0 Å². The van der Waals surface area contributed by atoms with Crippen LogP contribution in [0.25, 0.3) is 21.9 Å². The molecule has 2 aromatic carbocycles. The van der Waals surface area contributed by atoms with Crippen LogP contribution in [0.15, 0.2) is 53.1 Å². The highest BCUT2D eigenvalue weighted by atomic mass is 16.3. The summed E-state index contributed by atoms with van der Waals surface area (Å²) in [6.45, 7) is -0.262. The van der Waals surface area contributed by atoms with Gasteiger partial charge in [0.1, 0.15) is 17.4 Å². The lowest BCUT2D eigenvalue weighted by Gasteiger charge is -2.23. The maximum Gasteiger partial charge on any atom is 0.164 e. The first-order chi connectivity index (χ1) is 13.4. The van der Waals surface area contributed by atoms with E-state index in [2.05, 4.69) is 23.1 Å². The van der Waals surface area contributed by atoms with Crippen LogP contribution in [0.3, 0.4) is 0 Å². The molecule has 0 fully saturated rings. The van der Waals surface area contributed by atoms with E-state index in [-0.39, 0.29) is 6.17 Å². The minimum Gasteiger partial charge on any atom is -0.454 e. The van der Waals surface area contributed by atoms with E-state index in [9.17, 15) is 0 Å². The van der Waals surface area contributed by atoms with Crippen molar-refractivity contribution in [1.82, 2.24) is 4.98 Å². The molecule has 1 atom stereocenters. The van der Waals surface area contributed by atoms with Crippen LogP contribution in [-0.4, -0.2) is 18.1 Å². The van der Waals surface area contributed by atoms with E-state index in [1.807, 2.05) is 31.2 Å². The van der Waals surface area contributed by atoms with Gasteiger partial charge in [-0.15, -0.1) is 0 Å². The van der Waals surface area contributed by atoms with Gasteiger partial charge in [0.15, 0.2) is 11.4 Å². The number of benzene rings is 2. The molecule has 1 unspecified atom stereocenters. The second kappa shape index (κ2) is 4.33. The summed E-state index contributed by atoms with van der Waals surface area (Å²) in [5.41, 5.74) is 5.19. The van der Waals surface area contributed by atoms with Crippen molar-refractivity contribution in [3.8, 4) is 0 Å². The lowest BCUT2D eigenvalue weighted by atomic mass is 10.1. The van der Waals surface area contributed by atoms with Crippen molar-refractivity contribution in [3.63, 3.8) is 0 Å². The summed E-state index contributed by atoms with van der Waals surface area (Å²) >= 11 is 0. The molecule has 4 aromatic rings. The summed E-state index contributed by atoms with van der Waals surface area (Å²) in [7, 11) is 0. The largest absolute Gasteiger partial charge is 0.454 e. The maximum atomic E-state index is 8.23. The third-order valence-corrected chi connectivity index (χ3v) is 5.34. The summed E-state index contributed by atoms with van der Waals surface area (Å²) in [5, 5.41) is 1.79. The number of aromatic nitrogens is 1. The molecule has 25 heavy (non-hydrogen) atoms. The van der Waals surface area contributed by atoms with Crippen LogP contribution < -0.4 is 9.80 Å². The van der Waals surface area contributed by atoms with E-state index in [0.717, 1.165) is 33.2 Å². The third-order valence-electron chi connectivity index (χ3n) is 5.34. The number of pyridine rings is 1. The molecular formula is C21H17N3O.